The second-order valence-electron chi connectivity index (χ2n) is 7.03. The number of nitrogens with one attached hydrogen (secondary N) is 1. The number of nitrogens with two attached hydrogens (primary N) is 1. The Morgan fingerprint density at radius 3 is 2.48 bits per heavy atom. The lowest BCUT2D eigenvalue weighted by Gasteiger charge is -2.33. The summed E-state index contributed by atoms with van der Waals surface area (Å²) in [6, 6.07) is 4.75. The van der Waals surface area contributed by atoms with Gasteiger partial charge in [-0.1, -0.05) is 0 Å². The van der Waals surface area contributed by atoms with Crippen molar-refractivity contribution >= 4 is 34.0 Å². The molecule has 9 nitrogen and oxygen atoms in total. The van der Waals surface area contributed by atoms with Crippen LogP contribution in [0.1, 0.15) is 26.7 Å². The summed E-state index contributed by atoms with van der Waals surface area (Å²) in [4.78, 5) is 22.5. The Morgan fingerprint density at radius 2 is 1.96 bits per heavy atom. The van der Waals surface area contributed by atoms with Crippen LogP contribution in [-0.4, -0.2) is 48.7 Å². The summed E-state index contributed by atoms with van der Waals surface area (Å²) in [5, 5.41) is 13.6. The maximum atomic E-state index is 12.8. The minimum Gasteiger partial charge on any atom is -0.350 e. The second-order valence-corrected chi connectivity index (χ2v) is 8.97. The first kappa shape index (κ1) is 23.3. The maximum Gasteiger partial charge on any atom is 0.269 e. The van der Waals surface area contributed by atoms with Crippen LogP contribution in [-0.2, 0) is 14.8 Å². The topological polar surface area (TPSA) is 136 Å². The van der Waals surface area contributed by atoms with Crippen molar-refractivity contribution in [3.8, 4) is 0 Å². The largest absolute Gasteiger partial charge is 0.350 e. The quantitative estimate of drug-likeness (QED) is 0.525. The minimum atomic E-state index is -3.81. The number of hydrogen-bond donors (Lipinski definition) is 2. The zero-order valence-electron chi connectivity index (χ0n) is 15.3. The molecule has 1 heterocycles. The van der Waals surface area contributed by atoms with E-state index in [4.69, 9.17) is 5.73 Å². The zero-order chi connectivity index (χ0) is 19.5. The molecule has 1 amide bonds. The molecule has 1 atom stereocenters. The molecular formula is C16H25ClN4O5S. The van der Waals surface area contributed by atoms with Crippen molar-refractivity contribution in [2.24, 2.45) is 11.7 Å². The molecule has 2 rings (SSSR count). The van der Waals surface area contributed by atoms with Gasteiger partial charge in [0.05, 0.1) is 15.7 Å². The van der Waals surface area contributed by atoms with E-state index >= 15 is 0 Å². The molecule has 0 aromatic heterocycles. The maximum absolute atomic E-state index is 12.8. The summed E-state index contributed by atoms with van der Waals surface area (Å²) in [6.45, 7) is 4.27. The predicted molar refractivity (Wildman–Crippen MR) is 103 cm³/mol. The SMILES string of the molecule is CC(C)(CN)NC(=O)C1CCCN(S(=O)(=O)c2ccc([N+](=O)[O-])cc2)C1.Cl. The van der Waals surface area contributed by atoms with Gasteiger partial charge in [0.1, 0.15) is 0 Å². The van der Waals surface area contributed by atoms with Crippen LogP contribution >= 0.6 is 12.4 Å². The number of carbonyl (C=O) groups is 1. The number of non-ortho nitro benzene ring substituents is 1. The van der Waals surface area contributed by atoms with Gasteiger partial charge in [0, 0.05) is 37.3 Å². The molecule has 1 aliphatic heterocycles. The van der Waals surface area contributed by atoms with E-state index in [0.29, 0.717) is 19.4 Å². The van der Waals surface area contributed by atoms with E-state index in [1.54, 1.807) is 13.8 Å². The Kier molecular flexibility index (Phi) is 7.73. The number of amides is 1. The molecule has 3 N–H and O–H groups in total. The first-order valence-corrected chi connectivity index (χ1v) is 9.77. The lowest BCUT2D eigenvalue weighted by molar-refractivity contribution is -0.384. The molecule has 0 saturated carbocycles. The van der Waals surface area contributed by atoms with Crippen molar-refractivity contribution in [2.45, 2.75) is 37.1 Å². The van der Waals surface area contributed by atoms with Crippen molar-refractivity contribution in [1.29, 1.82) is 0 Å². The Morgan fingerprint density at radius 1 is 1.37 bits per heavy atom. The third-order valence-corrected chi connectivity index (χ3v) is 6.29. The highest BCUT2D eigenvalue weighted by atomic mass is 35.5. The second kappa shape index (κ2) is 8.96. The Hall–Kier alpha value is -1.75. The van der Waals surface area contributed by atoms with E-state index < -0.39 is 26.4 Å². The number of rotatable bonds is 6. The van der Waals surface area contributed by atoms with Crippen LogP contribution in [0.3, 0.4) is 0 Å². The molecule has 0 radical (unpaired) electrons. The third-order valence-electron chi connectivity index (χ3n) is 4.41. The van der Waals surface area contributed by atoms with E-state index in [1.807, 2.05) is 0 Å². The third kappa shape index (κ3) is 5.61. The van der Waals surface area contributed by atoms with Gasteiger partial charge in [0.2, 0.25) is 15.9 Å². The molecule has 1 aliphatic rings. The molecule has 0 spiro atoms. The van der Waals surface area contributed by atoms with Gasteiger partial charge in [-0.15, -0.1) is 12.4 Å². The Bertz CT molecular complexity index is 783. The summed E-state index contributed by atoms with van der Waals surface area (Å²) in [5.74, 6) is -0.675. The summed E-state index contributed by atoms with van der Waals surface area (Å²) in [7, 11) is -3.81. The van der Waals surface area contributed by atoms with Gasteiger partial charge in [0.25, 0.3) is 5.69 Å². The monoisotopic (exact) mass is 420 g/mol. The number of piperidine rings is 1. The van der Waals surface area contributed by atoms with Gasteiger partial charge >= 0.3 is 0 Å². The summed E-state index contributed by atoms with van der Waals surface area (Å²) < 4.78 is 26.8. The van der Waals surface area contributed by atoms with E-state index in [0.717, 1.165) is 12.1 Å². The molecule has 1 saturated heterocycles. The standard InChI is InChI=1S/C16H24N4O5S.ClH/c1-16(2,11-17)18-15(21)12-4-3-9-19(10-12)26(24,25)14-7-5-13(6-8-14)20(22)23;/h5-8,12H,3-4,9-11,17H2,1-2H3,(H,18,21);1H. The summed E-state index contributed by atoms with van der Waals surface area (Å²) >= 11 is 0. The van der Waals surface area contributed by atoms with Gasteiger partial charge in [-0.25, -0.2) is 8.42 Å². The smallest absolute Gasteiger partial charge is 0.269 e. The normalized spacial score (nSPS) is 18.4. The molecule has 1 aromatic rings. The number of nitro benzene ring substituents is 1. The molecule has 11 heteroatoms. The molecule has 152 valence electrons. The summed E-state index contributed by atoms with van der Waals surface area (Å²) in [5.41, 5.74) is 4.89. The van der Waals surface area contributed by atoms with E-state index in [-0.39, 0.29) is 42.0 Å². The van der Waals surface area contributed by atoms with Crippen LogP contribution in [0, 0.1) is 16.0 Å². The van der Waals surface area contributed by atoms with Crippen LogP contribution in [0.4, 0.5) is 5.69 Å². The highest BCUT2D eigenvalue weighted by molar-refractivity contribution is 7.89. The Balaban J connectivity index is 0.00000364. The fourth-order valence-electron chi connectivity index (χ4n) is 2.75. The van der Waals surface area contributed by atoms with Gasteiger partial charge in [0.15, 0.2) is 0 Å². The van der Waals surface area contributed by atoms with E-state index in [9.17, 15) is 23.3 Å². The van der Waals surface area contributed by atoms with Gasteiger partial charge in [-0.05, 0) is 38.8 Å². The number of sulfonamides is 1. The molecule has 1 aromatic carbocycles. The molecular weight excluding hydrogens is 396 g/mol. The molecule has 1 fully saturated rings. The number of benzene rings is 1. The first-order valence-electron chi connectivity index (χ1n) is 8.33. The van der Waals surface area contributed by atoms with E-state index in [1.165, 1.54) is 16.4 Å². The number of carbonyl (C=O) groups excluding carboxylic acids is 1. The molecule has 1 unspecified atom stereocenters. The number of nitro groups is 1. The highest BCUT2D eigenvalue weighted by Gasteiger charge is 2.34. The van der Waals surface area contributed by atoms with Gasteiger partial charge in [-0.2, -0.15) is 4.31 Å². The minimum absolute atomic E-state index is 0. The van der Waals surface area contributed by atoms with Crippen molar-refractivity contribution < 1.29 is 18.1 Å². The summed E-state index contributed by atoms with van der Waals surface area (Å²) in [6.07, 6.45) is 1.16. The zero-order valence-corrected chi connectivity index (χ0v) is 16.9. The first-order chi connectivity index (χ1) is 12.1. The van der Waals surface area contributed by atoms with Crippen LogP contribution < -0.4 is 11.1 Å². The van der Waals surface area contributed by atoms with Crippen LogP contribution in [0.5, 0.6) is 0 Å². The highest BCUT2D eigenvalue weighted by Crippen LogP contribution is 2.25. The number of nitrogens with zero attached hydrogens (tertiary/aromatic N) is 2. The van der Waals surface area contributed by atoms with Crippen molar-refractivity contribution in [1.82, 2.24) is 9.62 Å². The Labute approximate surface area is 164 Å². The predicted octanol–water partition coefficient (Wildman–Crippen LogP) is 1.27. The average molecular weight is 421 g/mol. The van der Waals surface area contributed by atoms with E-state index in [2.05, 4.69) is 5.32 Å². The fraction of sp³-hybridized carbons (Fsp3) is 0.562. The van der Waals surface area contributed by atoms with Crippen molar-refractivity contribution in [3.63, 3.8) is 0 Å². The molecule has 0 aliphatic carbocycles. The number of hydrogen-bond acceptors (Lipinski definition) is 6. The van der Waals surface area contributed by atoms with Crippen molar-refractivity contribution in [3.05, 3.63) is 34.4 Å². The van der Waals surface area contributed by atoms with Gasteiger partial charge < -0.3 is 11.1 Å². The van der Waals surface area contributed by atoms with Crippen LogP contribution in [0.2, 0.25) is 0 Å². The molecule has 0 bridgehead atoms. The molecule has 27 heavy (non-hydrogen) atoms. The van der Waals surface area contributed by atoms with Crippen LogP contribution in [0.15, 0.2) is 29.2 Å². The fourth-order valence-corrected chi connectivity index (χ4v) is 4.27. The number of halogens is 1. The average Bonchev–Trinajstić information content (AvgIpc) is 2.61. The lowest BCUT2D eigenvalue weighted by Crippen LogP contribution is -2.53. The lowest BCUT2D eigenvalue weighted by atomic mass is 9.96. The van der Waals surface area contributed by atoms with Gasteiger partial charge in [-0.3, -0.25) is 14.9 Å². The van der Waals surface area contributed by atoms with Crippen molar-refractivity contribution in [2.75, 3.05) is 19.6 Å². The van der Waals surface area contributed by atoms with Crippen LogP contribution in [0.25, 0.3) is 0 Å².